The van der Waals surface area contributed by atoms with Crippen LogP contribution in [0.4, 0.5) is 14.9 Å². The van der Waals surface area contributed by atoms with Crippen LogP contribution in [0.5, 0.6) is 11.5 Å². The molecular formula is C28H23FN2O7. The fraction of sp³-hybridized carbons (Fsp3) is 0.143. The number of imide groups is 2. The first-order valence-corrected chi connectivity index (χ1v) is 11.5. The maximum absolute atomic E-state index is 13.9. The molecule has 4 rings (SSSR count). The molecule has 0 saturated carbocycles. The molecule has 0 atom stereocenters. The Balaban J connectivity index is 1.57. The minimum Gasteiger partial charge on any atom is -0.493 e. The Bertz CT molecular complexity index is 1430. The molecule has 10 heteroatoms. The molecule has 1 saturated heterocycles. The highest BCUT2D eigenvalue weighted by Gasteiger charge is 2.37. The first-order valence-electron chi connectivity index (χ1n) is 11.5. The highest BCUT2D eigenvalue weighted by molar-refractivity contribution is 6.39. The van der Waals surface area contributed by atoms with Crippen LogP contribution in [0.3, 0.4) is 0 Å². The number of esters is 1. The van der Waals surface area contributed by atoms with E-state index in [2.05, 4.69) is 5.32 Å². The molecule has 1 heterocycles. The molecule has 0 radical (unpaired) electrons. The lowest BCUT2D eigenvalue weighted by molar-refractivity contribution is -0.122. The number of methoxy groups -OCH3 is 1. The molecule has 1 N–H and O–H groups in total. The lowest BCUT2D eigenvalue weighted by Crippen LogP contribution is -2.54. The molecule has 0 bridgehead atoms. The SMILES string of the molecule is CCOC(=O)c1ccc(N2C(=O)NC(=O)/C(=C\c3ccc(OCc4ccccc4F)c(OC)c3)C2=O)cc1. The van der Waals surface area contributed by atoms with Crippen LogP contribution >= 0.6 is 0 Å². The number of urea groups is 1. The van der Waals surface area contributed by atoms with Crippen molar-refractivity contribution in [2.45, 2.75) is 13.5 Å². The van der Waals surface area contributed by atoms with Crippen molar-refractivity contribution in [3.8, 4) is 11.5 Å². The second-order valence-corrected chi connectivity index (χ2v) is 8.02. The van der Waals surface area contributed by atoms with E-state index in [-0.39, 0.29) is 30.0 Å². The van der Waals surface area contributed by atoms with Crippen molar-refractivity contribution >= 4 is 35.6 Å². The summed E-state index contributed by atoms with van der Waals surface area (Å²) < 4.78 is 29.9. The quantitative estimate of drug-likeness (QED) is 0.270. The molecule has 0 unspecified atom stereocenters. The topological polar surface area (TPSA) is 111 Å². The van der Waals surface area contributed by atoms with Gasteiger partial charge in [0.2, 0.25) is 0 Å². The molecule has 3 aromatic carbocycles. The number of carbonyl (C=O) groups is 4. The average Bonchev–Trinajstić information content (AvgIpc) is 2.91. The molecule has 1 fully saturated rings. The number of nitrogens with one attached hydrogen (secondary N) is 1. The van der Waals surface area contributed by atoms with Gasteiger partial charge in [0.15, 0.2) is 11.5 Å². The van der Waals surface area contributed by atoms with Gasteiger partial charge in [-0.15, -0.1) is 0 Å². The number of amides is 4. The maximum atomic E-state index is 13.9. The van der Waals surface area contributed by atoms with E-state index in [1.165, 1.54) is 43.5 Å². The number of carbonyl (C=O) groups excluding carboxylic acids is 4. The van der Waals surface area contributed by atoms with Crippen molar-refractivity contribution in [3.63, 3.8) is 0 Å². The summed E-state index contributed by atoms with van der Waals surface area (Å²) in [4.78, 5) is 50.9. The zero-order valence-corrected chi connectivity index (χ0v) is 20.5. The van der Waals surface area contributed by atoms with Crippen molar-refractivity contribution in [1.29, 1.82) is 0 Å². The number of ether oxygens (including phenoxy) is 3. The second-order valence-electron chi connectivity index (χ2n) is 8.02. The number of barbiturate groups is 1. The van der Waals surface area contributed by atoms with E-state index in [0.29, 0.717) is 22.6 Å². The van der Waals surface area contributed by atoms with Gasteiger partial charge in [-0.1, -0.05) is 24.3 Å². The molecule has 3 aromatic rings. The van der Waals surface area contributed by atoms with Gasteiger partial charge in [-0.05, 0) is 61.0 Å². The van der Waals surface area contributed by atoms with Crippen LogP contribution in [0.1, 0.15) is 28.4 Å². The number of benzene rings is 3. The fourth-order valence-corrected chi connectivity index (χ4v) is 3.68. The highest BCUT2D eigenvalue weighted by atomic mass is 19.1. The molecule has 0 aliphatic carbocycles. The van der Waals surface area contributed by atoms with E-state index in [4.69, 9.17) is 14.2 Å². The molecule has 194 valence electrons. The van der Waals surface area contributed by atoms with E-state index in [1.807, 2.05) is 0 Å². The number of hydrogen-bond donors (Lipinski definition) is 1. The summed E-state index contributed by atoms with van der Waals surface area (Å²) in [5.41, 5.74) is 0.905. The van der Waals surface area contributed by atoms with Crippen molar-refractivity contribution in [3.05, 3.63) is 94.8 Å². The Morgan fingerprint density at radius 1 is 1.00 bits per heavy atom. The average molecular weight is 518 g/mol. The molecule has 0 spiro atoms. The summed E-state index contributed by atoms with van der Waals surface area (Å²) in [5.74, 6) is -2.03. The number of halogens is 1. The van der Waals surface area contributed by atoms with E-state index < -0.39 is 29.6 Å². The standard InChI is InChI=1S/C28H23FN2O7/c1-3-37-27(34)18-9-11-20(12-10-18)31-26(33)21(25(32)30-28(31)35)14-17-8-13-23(24(15-17)36-2)38-16-19-6-4-5-7-22(19)29/h4-15H,3,16H2,1-2H3,(H,30,32,35)/b21-14+. The molecule has 1 aliphatic heterocycles. The first kappa shape index (κ1) is 26.1. The molecule has 38 heavy (non-hydrogen) atoms. The fourth-order valence-electron chi connectivity index (χ4n) is 3.68. The monoisotopic (exact) mass is 518 g/mol. The van der Waals surface area contributed by atoms with E-state index >= 15 is 0 Å². The van der Waals surface area contributed by atoms with Gasteiger partial charge in [-0.3, -0.25) is 14.9 Å². The Kier molecular flexibility index (Phi) is 7.81. The molecule has 1 aliphatic rings. The van der Waals surface area contributed by atoms with Crippen LogP contribution in [0.15, 0.2) is 72.3 Å². The molecule has 9 nitrogen and oxygen atoms in total. The van der Waals surface area contributed by atoms with Gasteiger partial charge in [0.1, 0.15) is 18.0 Å². The van der Waals surface area contributed by atoms with Gasteiger partial charge in [-0.25, -0.2) is 18.9 Å². The third kappa shape index (κ3) is 5.54. The zero-order chi connectivity index (χ0) is 27.2. The molecule has 0 aromatic heterocycles. The van der Waals surface area contributed by atoms with Gasteiger partial charge in [0.25, 0.3) is 11.8 Å². The van der Waals surface area contributed by atoms with Crippen LogP contribution in [-0.2, 0) is 20.9 Å². The normalized spacial score (nSPS) is 14.3. The van der Waals surface area contributed by atoms with Crippen LogP contribution in [0.2, 0.25) is 0 Å². The number of rotatable bonds is 8. The summed E-state index contributed by atoms with van der Waals surface area (Å²) in [5, 5.41) is 2.15. The number of hydrogen-bond acceptors (Lipinski definition) is 7. The Hall–Kier alpha value is -4.99. The third-order valence-electron chi connectivity index (χ3n) is 5.58. The summed E-state index contributed by atoms with van der Waals surface area (Å²) in [6.07, 6.45) is 1.31. The van der Waals surface area contributed by atoms with E-state index in [0.717, 1.165) is 4.90 Å². The Morgan fingerprint density at radius 2 is 1.74 bits per heavy atom. The summed E-state index contributed by atoms with van der Waals surface area (Å²) in [7, 11) is 1.42. The third-order valence-corrected chi connectivity index (χ3v) is 5.58. The van der Waals surface area contributed by atoms with E-state index in [9.17, 15) is 23.6 Å². The lowest BCUT2D eigenvalue weighted by Gasteiger charge is -2.26. The number of anilines is 1. The van der Waals surface area contributed by atoms with Crippen LogP contribution in [0.25, 0.3) is 6.08 Å². The molecular weight excluding hydrogens is 495 g/mol. The van der Waals surface area contributed by atoms with Crippen molar-refractivity contribution in [1.82, 2.24) is 5.32 Å². The Labute approximate surface area is 217 Å². The Morgan fingerprint density at radius 3 is 2.42 bits per heavy atom. The van der Waals surface area contributed by atoms with Crippen molar-refractivity contribution in [2.75, 3.05) is 18.6 Å². The van der Waals surface area contributed by atoms with Gasteiger partial charge in [-0.2, -0.15) is 0 Å². The van der Waals surface area contributed by atoms with Crippen molar-refractivity contribution in [2.24, 2.45) is 0 Å². The lowest BCUT2D eigenvalue weighted by atomic mass is 10.1. The summed E-state index contributed by atoms with van der Waals surface area (Å²) in [6.45, 7) is 1.85. The van der Waals surface area contributed by atoms with Crippen molar-refractivity contribution < 1.29 is 37.8 Å². The first-order chi connectivity index (χ1) is 18.3. The van der Waals surface area contributed by atoms with Crippen LogP contribution in [-0.4, -0.2) is 37.5 Å². The zero-order valence-electron chi connectivity index (χ0n) is 20.5. The molecule has 4 amide bonds. The number of nitrogens with zero attached hydrogens (tertiary/aromatic N) is 1. The highest BCUT2D eigenvalue weighted by Crippen LogP contribution is 2.31. The van der Waals surface area contributed by atoms with Crippen LogP contribution < -0.4 is 19.7 Å². The second kappa shape index (κ2) is 11.4. The van der Waals surface area contributed by atoms with Crippen LogP contribution in [0, 0.1) is 5.82 Å². The van der Waals surface area contributed by atoms with Gasteiger partial charge in [0, 0.05) is 5.56 Å². The predicted molar refractivity (Wildman–Crippen MR) is 135 cm³/mol. The van der Waals surface area contributed by atoms with Gasteiger partial charge >= 0.3 is 12.0 Å². The maximum Gasteiger partial charge on any atom is 0.338 e. The minimum atomic E-state index is -0.921. The summed E-state index contributed by atoms with van der Waals surface area (Å²) in [6, 6.07) is 15.6. The predicted octanol–water partition coefficient (Wildman–Crippen LogP) is 4.26. The minimum absolute atomic E-state index is 0.0314. The van der Waals surface area contributed by atoms with Gasteiger partial charge < -0.3 is 14.2 Å². The van der Waals surface area contributed by atoms with E-state index in [1.54, 1.807) is 43.3 Å². The van der Waals surface area contributed by atoms with Gasteiger partial charge in [0.05, 0.1) is 25.0 Å². The smallest absolute Gasteiger partial charge is 0.338 e. The summed E-state index contributed by atoms with van der Waals surface area (Å²) >= 11 is 0. The largest absolute Gasteiger partial charge is 0.493 e.